The lowest BCUT2D eigenvalue weighted by molar-refractivity contribution is -0.144. The van der Waals surface area contributed by atoms with Crippen molar-refractivity contribution in [2.45, 2.75) is 116 Å². The van der Waals surface area contributed by atoms with Crippen molar-refractivity contribution in [2.24, 2.45) is 23.2 Å². The van der Waals surface area contributed by atoms with E-state index in [2.05, 4.69) is 27.8 Å². The van der Waals surface area contributed by atoms with Crippen LogP contribution in [0.25, 0.3) is 0 Å². The van der Waals surface area contributed by atoms with Gasteiger partial charge in [0.1, 0.15) is 12.1 Å². The molecule has 0 radical (unpaired) electrons. The van der Waals surface area contributed by atoms with E-state index < -0.39 is 70.4 Å². The number of rotatable bonds is 14. The Morgan fingerprint density at radius 3 is 2.11 bits per heavy atom. The van der Waals surface area contributed by atoms with Crippen molar-refractivity contribution in [1.82, 2.24) is 31.1 Å². The minimum atomic E-state index is -1.04. The maximum Gasteiger partial charge on any atom is 0.315 e. The minimum Gasteiger partial charge on any atom is -0.346 e. The third kappa shape index (κ3) is 8.98. The number of carbonyl (C=O) groups is 7. The molecule has 53 heavy (non-hydrogen) atoms. The molecule has 288 valence electrons. The Labute approximate surface area is 312 Å². The summed E-state index contributed by atoms with van der Waals surface area (Å²) in [4.78, 5) is 97.9. The third-order valence-corrected chi connectivity index (χ3v) is 11.3. The van der Waals surface area contributed by atoms with Crippen molar-refractivity contribution in [1.29, 1.82) is 0 Å². The second-order valence-electron chi connectivity index (χ2n) is 16.8. The van der Waals surface area contributed by atoms with E-state index in [1.165, 1.54) is 15.9 Å². The Hall–Kier alpha value is -4.55. The maximum absolute atomic E-state index is 14.6. The fourth-order valence-electron chi connectivity index (χ4n) is 8.14. The molecule has 2 aliphatic carbocycles. The molecule has 2 heterocycles. The van der Waals surface area contributed by atoms with Crippen LogP contribution in [0.3, 0.4) is 0 Å². The lowest BCUT2D eigenvalue weighted by Gasteiger charge is -2.41. The van der Waals surface area contributed by atoms with Gasteiger partial charge in [-0.05, 0) is 61.0 Å². The number of imide groups is 1. The van der Waals surface area contributed by atoms with Gasteiger partial charge in [-0.2, -0.15) is 0 Å². The van der Waals surface area contributed by atoms with Crippen LogP contribution in [0.5, 0.6) is 0 Å². The van der Waals surface area contributed by atoms with Gasteiger partial charge in [-0.15, -0.1) is 6.58 Å². The largest absolute Gasteiger partial charge is 0.346 e. The monoisotopic (exact) mass is 732 g/mol. The maximum atomic E-state index is 14.6. The molecule has 0 bridgehead atoms. The first kappa shape index (κ1) is 39.7. The molecule has 4 aliphatic rings. The smallest absolute Gasteiger partial charge is 0.315 e. The summed E-state index contributed by atoms with van der Waals surface area (Å²) in [6.45, 7) is 13.5. The van der Waals surface area contributed by atoms with Crippen LogP contribution in [0.15, 0.2) is 36.9 Å². The molecule has 1 saturated heterocycles. The number of Topliss-reactive ketones (excluding diaryl/α,β-unsaturated/α-hetero) is 1. The van der Waals surface area contributed by atoms with E-state index in [0.717, 1.165) is 32.1 Å². The summed E-state index contributed by atoms with van der Waals surface area (Å²) in [6.07, 6.45) is 7.85. The highest BCUT2D eigenvalue weighted by molar-refractivity contribution is 6.38. The Kier molecular flexibility index (Phi) is 12.1. The van der Waals surface area contributed by atoms with E-state index in [1.807, 2.05) is 34.6 Å². The summed E-state index contributed by atoms with van der Waals surface area (Å²) < 4.78 is 0. The summed E-state index contributed by atoms with van der Waals surface area (Å²) in [5.41, 5.74) is -0.980. The van der Waals surface area contributed by atoms with Gasteiger partial charge in [0.2, 0.25) is 17.6 Å². The van der Waals surface area contributed by atoms with E-state index in [9.17, 15) is 33.6 Å². The number of nitrogens with one attached hydrogen (secondary N) is 4. The van der Waals surface area contributed by atoms with E-state index in [4.69, 9.17) is 0 Å². The highest BCUT2D eigenvalue weighted by Gasteiger charge is 2.49. The number of ketones is 1. The van der Waals surface area contributed by atoms with Crippen molar-refractivity contribution < 1.29 is 33.6 Å². The molecule has 0 spiro atoms. The van der Waals surface area contributed by atoms with Crippen LogP contribution < -0.4 is 21.3 Å². The number of fused-ring (bicyclic) bond motifs is 1. The van der Waals surface area contributed by atoms with E-state index in [0.29, 0.717) is 36.8 Å². The van der Waals surface area contributed by atoms with Crippen molar-refractivity contribution in [3.05, 3.63) is 48.0 Å². The number of nitrogens with zero attached hydrogens (tertiary/aromatic N) is 2. The van der Waals surface area contributed by atoms with Crippen LogP contribution in [-0.4, -0.2) is 94.4 Å². The highest BCUT2D eigenvalue weighted by atomic mass is 16.2. The number of amides is 7. The zero-order chi connectivity index (χ0) is 38.7. The Bertz CT molecular complexity index is 1590. The number of likely N-dealkylation sites (tertiary alicyclic amines) is 1. The average molecular weight is 733 g/mol. The summed E-state index contributed by atoms with van der Waals surface area (Å²) >= 11 is 0. The van der Waals surface area contributed by atoms with Crippen LogP contribution in [-0.2, 0) is 19.2 Å². The number of benzene rings is 1. The predicted molar refractivity (Wildman–Crippen MR) is 198 cm³/mol. The Morgan fingerprint density at radius 2 is 1.57 bits per heavy atom. The van der Waals surface area contributed by atoms with Crippen molar-refractivity contribution in [2.75, 3.05) is 19.6 Å². The Morgan fingerprint density at radius 1 is 0.943 bits per heavy atom. The zero-order valence-electron chi connectivity index (χ0n) is 31.8. The van der Waals surface area contributed by atoms with Gasteiger partial charge in [-0.25, -0.2) is 4.79 Å². The fraction of sp³-hybridized carbons (Fsp3) is 0.625. The average Bonchev–Trinajstić information content (AvgIpc) is 3.77. The number of carbonyl (C=O) groups excluding carboxylic acids is 7. The predicted octanol–water partition coefficient (Wildman–Crippen LogP) is 3.73. The standard InChI is InChI=1S/C40H56N6O7/c1-7-20-41-34(49)31(47)29(22-25-15-16-25)42-33(48)30-26(24(2)3)17-21-45(30)37(52)32(39(4,5)6)43-38(53)44-40(18-11-8-12-19-40)23-46-35(50)27-13-9-10-14-28(27)36(46)51/h7,9-10,13-14,24-26,29-30,32H,1,8,11-12,15-23H2,2-6H3,(H,41,49)(H,42,48)(H2,43,44,53)/t26?,29?,30-,32+/m0/s1. The topological polar surface area (TPSA) is 174 Å². The van der Waals surface area contributed by atoms with E-state index in [-0.39, 0.29) is 37.4 Å². The molecule has 1 aromatic carbocycles. The van der Waals surface area contributed by atoms with Gasteiger partial charge in [0.05, 0.1) is 29.3 Å². The SMILES string of the molecule is C=CCNC(=O)C(=O)C(CC1CC1)NC(=O)[C@@H]1C(C(C)C)CCN1C(=O)[C@@H](NC(=O)NC1(CN2C(=O)c3ccccc3C2=O)CCCCC1)C(C)(C)C. The molecule has 2 aliphatic heterocycles. The van der Waals surface area contributed by atoms with Crippen molar-refractivity contribution in [3.8, 4) is 0 Å². The first-order valence-electron chi connectivity index (χ1n) is 19.1. The van der Waals surface area contributed by atoms with E-state index >= 15 is 0 Å². The number of urea groups is 1. The molecule has 2 saturated carbocycles. The fourth-order valence-corrected chi connectivity index (χ4v) is 8.14. The zero-order valence-corrected chi connectivity index (χ0v) is 31.8. The van der Waals surface area contributed by atoms with Crippen LogP contribution in [0.2, 0.25) is 0 Å². The molecule has 1 aromatic rings. The molecular weight excluding hydrogens is 676 g/mol. The molecule has 13 nitrogen and oxygen atoms in total. The quantitative estimate of drug-likeness (QED) is 0.128. The normalized spacial score (nSPS) is 22.2. The van der Waals surface area contributed by atoms with Crippen molar-refractivity contribution >= 4 is 41.4 Å². The molecule has 0 aromatic heterocycles. The van der Waals surface area contributed by atoms with Gasteiger partial charge in [-0.1, -0.05) is 84.9 Å². The molecular formula is C40H56N6O7. The van der Waals surface area contributed by atoms with Crippen molar-refractivity contribution in [3.63, 3.8) is 0 Å². The molecule has 5 rings (SSSR count). The summed E-state index contributed by atoms with van der Waals surface area (Å²) in [6, 6.07) is 3.11. The number of hydrogen-bond donors (Lipinski definition) is 4. The second kappa shape index (κ2) is 16.2. The van der Waals surface area contributed by atoms with Gasteiger partial charge in [-0.3, -0.25) is 33.7 Å². The van der Waals surface area contributed by atoms with Gasteiger partial charge < -0.3 is 26.2 Å². The lowest BCUT2D eigenvalue weighted by atomic mass is 9.81. The number of hydrogen-bond acceptors (Lipinski definition) is 7. The third-order valence-electron chi connectivity index (χ3n) is 11.3. The van der Waals surface area contributed by atoms with Gasteiger partial charge in [0.25, 0.3) is 17.7 Å². The van der Waals surface area contributed by atoms with Gasteiger partial charge >= 0.3 is 6.03 Å². The second-order valence-corrected chi connectivity index (χ2v) is 16.8. The summed E-state index contributed by atoms with van der Waals surface area (Å²) in [5, 5.41) is 11.4. The summed E-state index contributed by atoms with van der Waals surface area (Å²) in [7, 11) is 0. The molecule has 7 amide bonds. The first-order chi connectivity index (χ1) is 25.1. The van der Waals surface area contributed by atoms with Crippen LogP contribution in [0, 0.1) is 23.2 Å². The molecule has 13 heteroatoms. The van der Waals surface area contributed by atoms with Gasteiger partial charge in [0, 0.05) is 13.1 Å². The molecule has 4 atom stereocenters. The molecule has 4 N–H and O–H groups in total. The molecule has 3 fully saturated rings. The summed E-state index contributed by atoms with van der Waals surface area (Å²) in [5.74, 6) is -3.19. The van der Waals surface area contributed by atoms with E-state index in [1.54, 1.807) is 24.3 Å². The lowest BCUT2D eigenvalue weighted by Crippen LogP contribution is -2.64. The first-order valence-corrected chi connectivity index (χ1v) is 19.1. The highest BCUT2D eigenvalue weighted by Crippen LogP contribution is 2.36. The van der Waals surface area contributed by atoms with Crippen LogP contribution in [0.4, 0.5) is 4.79 Å². The molecule has 2 unspecified atom stereocenters. The minimum absolute atomic E-state index is 0.0116. The van der Waals surface area contributed by atoms with Crippen LogP contribution >= 0.6 is 0 Å². The van der Waals surface area contributed by atoms with Gasteiger partial charge in [0.15, 0.2) is 0 Å². The Balaban J connectivity index is 1.34. The van der Waals surface area contributed by atoms with Crippen LogP contribution in [0.1, 0.15) is 113 Å².